The second-order valence-corrected chi connectivity index (χ2v) is 6.81. The summed E-state index contributed by atoms with van der Waals surface area (Å²) in [5.41, 5.74) is 1.90. The Labute approximate surface area is 155 Å². The number of pyridine rings is 1. The van der Waals surface area contributed by atoms with Crippen LogP contribution in [0.15, 0.2) is 35.3 Å². The molecule has 0 radical (unpaired) electrons. The van der Waals surface area contributed by atoms with Crippen molar-refractivity contribution >= 4 is 17.0 Å². The van der Waals surface area contributed by atoms with Crippen LogP contribution in [-0.2, 0) is 0 Å². The molecule has 0 bridgehead atoms. The number of likely N-dealkylation sites (N-methyl/N-ethyl adjacent to an activating group) is 1. The summed E-state index contributed by atoms with van der Waals surface area (Å²) in [6.45, 7) is 3.74. The number of aromatic nitrogens is 3. The molecule has 8 nitrogen and oxygen atoms in total. The van der Waals surface area contributed by atoms with Crippen molar-refractivity contribution in [1.82, 2.24) is 19.9 Å². The van der Waals surface area contributed by atoms with E-state index in [-0.39, 0.29) is 12.4 Å². The Morgan fingerprint density at radius 2 is 1.89 bits per heavy atom. The van der Waals surface area contributed by atoms with Gasteiger partial charge in [-0.05, 0) is 36.4 Å². The molecule has 8 heteroatoms. The van der Waals surface area contributed by atoms with Crippen LogP contribution in [0.3, 0.4) is 0 Å². The smallest absolute Gasteiger partial charge is 0.262 e. The van der Waals surface area contributed by atoms with E-state index in [0.717, 1.165) is 37.3 Å². The Balaban J connectivity index is 1.60. The van der Waals surface area contributed by atoms with Gasteiger partial charge in [-0.25, -0.2) is 4.98 Å². The van der Waals surface area contributed by atoms with Crippen LogP contribution >= 0.6 is 0 Å². The first kappa shape index (κ1) is 16.1. The van der Waals surface area contributed by atoms with Crippen molar-refractivity contribution in [2.45, 2.75) is 0 Å². The van der Waals surface area contributed by atoms with E-state index in [2.05, 4.69) is 31.8 Å². The molecule has 0 unspecified atom stereocenters. The average Bonchev–Trinajstić information content (AvgIpc) is 3.15. The second-order valence-electron chi connectivity index (χ2n) is 6.81. The first-order chi connectivity index (χ1) is 13.2. The van der Waals surface area contributed by atoms with Gasteiger partial charge in [0, 0.05) is 32.4 Å². The Bertz CT molecular complexity index is 1070. The predicted octanol–water partition coefficient (Wildman–Crippen LogP) is 1.47. The number of piperazine rings is 1. The molecule has 2 aliphatic heterocycles. The number of H-pyrrole nitrogens is 1. The minimum atomic E-state index is -0.185. The molecule has 0 spiro atoms. The molecule has 0 saturated carbocycles. The van der Waals surface area contributed by atoms with Gasteiger partial charge in [-0.1, -0.05) is 6.07 Å². The molecule has 1 aromatic carbocycles. The van der Waals surface area contributed by atoms with Crippen LogP contribution in [0.5, 0.6) is 11.5 Å². The summed E-state index contributed by atoms with van der Waals surface area (Å²) >= 11 is 0. The molecule has 1 fully saturated rings. The Morgan fingerprint density at radius 3 is 2.74 bits per heavy atom. The third kappa shape index (κ3) is 2.78. The number of rotatable bonds is 2. The van der Waals surface area contributed by atoms with Gasteiger partial charge in [-0.3, -0.25) is 9.78 Å². The van der Waals surface area contributed by atoms with Crippen LogP contribution in [0.1, 0.15) is 0 Å². The third-order valence-corrected chi connectivity index (χ3v) is 5.08. The van der Waals surface area contributed by atoms with Gasteiger partial charge in [0.25, 0.3) is 5.56 Å². The molecule has 3 aromatic rings. The number of anilines is 1. The van der Waals surface area contributed by atoms with Crippen LogP contribution in [0, 0.1) is 0 Å². The summed E-state index contributed by atoms with van der Waals surface area (Å²) in [5.74, 6) is 1.97. The summed E-state index contributed by atoms with van der Waals surface area (Å²) in [6, 6.07) is 7.47. The summed E-state index contributed by atoms with van der Waals surface area (Å²) in [5, 5.41) is 0.481. The zero-order chi connectivity index (χ0) is 18.4. The molecule has 2 aliphatic rings. The maximum atomic E-state index is 12.9. The Kier molecular flexibility index (Phi) is 3.71. The highest BCUT2D eigenvalue weighted by atomic mass is 16.7. The molecule has 1 saturated heterocycles. The number of hydrogen-bond acceptors (Lipinski definition) is 7. The van der Waals surface area contributed by atoms with E-state index < -0.39 is 0 Å². The maximum absolute atomic E-state index is 12.9. The van der Waals surface area contributed by atoms with E-state index in [0.29, 0.717) is 28.5 Å². The average molecular weight is 365 g/mol. The second kappa shape index (κ2) is 6.24. The van der Waals surface area contributed by atoms with Gasteiger partial charge in [0.1, 0.15) is 0 Å². The lowest BCUT2D eigenvalue weighted by atomic mass is 10.0. The predicted molar refractivity (Wildman–Crippen MR) is 101 cm³/mol. The quantitative estimate of drug-likeness (QED) is 0.736. The first-order valence-corrected chi connectivity index (χ1v) is 8.91. The molecule has 138 valence electrons. The molecule has 0 atom stereocenters. The number of nitrogens with one attached hydrogen (secondary N) is 1. The number of ether oxygens (including phenoxy) is 2. The lowest BCUT2D eigenvalue weighted by Gasteiger charge is -2.32. The number of fused-ring (bicyclic) bond motifs is 2. The summed E-state index contributed by atoms with van der Waals surface area (Å²) in [6.07, 6.45) is 1.68. The SMILES string of the molecule is CN1CCN(c2nc3nccc(-c4ccc5c(c4)OCO5)c3c(=O)[nH]2)CC1. The van der Waals surface area contributed by atoms with Crippen LogP contribution in [0.25, 0.3) is 22.2 Å². The van der Waals surface area contributed by atoms with E-state index in [9.17, 15) is 4.79 Å². The van der Waals surface area contributed by atoms with Crippen molar-refractivity contribution in [2.75, 3.05) is 44.9 Å². The molecule has 27 heavy (non-hydrogen) atoms. The van der Waals surface area contributed by atoms with Gasteiger partial charge in [0.15, 0.2) is 17.1 Å². The molecule has 0 amide bonds. The van der Waals surface area contributed by atoms with Gasteiger partial charge >= 0.3 is 0 Å². The van der Waals surface area contributed by atoms with Crippen molar-refractivity contribution in [3.05, 3.63) is 40.8 Å². The number of benzene rings is 1. The fraction of sp³-hybridized carbons (Fsp3) is 0.316. The lowest BCUT2D eigenvalue weighted by molar-refractivity contribution is 0.174. The van der Waals surface area contributed by atoms with Gasteiger partial charge in [0.2, 0.25) is 12.7 Å². The van der Waals surface area contributed by atoms with Gasteiger partial charge in [-0.15, -0.1) is 0 Å². The molecule has 4 heterocycles. The van der Waals surface area contributed by atoms with Crippen LogP contribution in [-0.4, -0.2) is 59.9 Å². The first-order valence-electron chi connectivity index (χ1n) is 8.91. The van der Waals surface area contributed by atoms with Crippen LogP contribution in [0.2, 0.25) is 0 Å². The molecule has 5 rings (SSSR count). The van der Waals surface area contributed by atoms with E-state index in [1.807, 2.05) is 24.3 Å². The Hall–Kier alpha value is -3.13. The molecular formula is C19H19N5O3. The highest BCUT2D eigenvalue weighted by Crippen LogP contribution is 2.37. The van der Waals surface area contributed by atoms with Crippen LogP contribution in [0.4, 0.5) is 5.95 Å². The summed E-state index contributed by atoms with van der Waals surface area (Å²) in [4.78, 5) is 29.2. The molecule has 0 aliphatic carbocycles. The highest BCUT2D eigenvalue weighted by Gasteiger charge is 2.20. The van der Waals surface area contributed by atoms with E-state index in [1.54, 1.807) is 6.20 Å². The van der Waals surface area contributed by atoms with Crippen molar-refractivity contribution in [2.24, 2.45) is 0 Å². The van der Waals surface area contributed by atoms with E-state index in [1.165, 1.54) is 0 Å². The van der Waals surface area contributed by atoms with Crippen molar-refractivity contribution in [3.8, 4) is 22.6 Å². The zero-order valence-electron chi connectivity index (χ0n) is 14.9. The minimum Gasteiger partial charge on any atom is -0.454 e. The fourth-order valence-corrected chi connectivity index (χ4v) is 3.52. The number of nitrogens with zero attached hydrogens (tertiary/aromatic N) is 4. The van der Waals surface area contributed by atoms with Gasteiger partial charge < -0.3 is 19.3 Å². The standard InChI is InChI=1S/C19H19N5O3/c1-23-6-8-24(9-7-23)19-21-17-16(18(25)22-19)13(4-5-20-17)12-2-3-14-15(10-12)27-11-26-14/h2-5,10H,6-9,11H2,1H3,(H,20,21,22,25). The molecular weight excluding hydrogens is 346 g/mol. The third-order valence-electron chi connectivity index (χ3n) is 5.08. The maximum Gasteiger partial charge on any atom is 0.262 e. The van der Waals surface area contributed by atoms with Crippen LogP contribution < -0.4 is 19.9 Å². The normalized spacial score (nSPS) is 16.9. The zero-order valence-corrected chi connectivity index (χ0v) is 14.9. The number of aromatic amines is 1. The molecule has 1 N–H and O–H groups in total. The summed E-state index contributed by atoms with van der Waals surface area (Å²) < 4.78 is 10.8. The van der Waals surface area contributed by atoms with E-state index >= 15 is 0 Å². The van der Waals surface area contributed by atoms with Crippen molar-refractivity contribution in [1.29, 1.82) is 0 Å². The highest BCUT2D eigenvalue weighted by molar-refractivity contribution is 5.92. The van der Waals surface area contributed by atoms with E-state index in [4.69, 9.17) is 9.47 Å². The largest absolute Gasteiger partial charge is 0.454 e. The Morgan fingerprint density at radius 1 is 1.07 bits per heavy atom. The fourth-order valence-electron chi connectivity index (χ4n) is 3.52. The lowest BCUT2D eigenvalue weighted by Crippen LogP contribution is -2.45. The van der Waals surface area contributed by atoms with Crippen molar-refractivity contribution < 1.29 is 9.47 Å². The monoisotopic (exact) mass is 365 g/mol. The number of hydrogen-bond donors (Lipinski definition) is 1. The summed E-state index contributed by atoms with van der Waals surface area (Å²) in [7, 11) is 2.09. The van der Waals surface area contributed by atoms with Gasteiger partial charge in [0.05, 0.1) is 5.39 Å². The van der Waals surface area contributed by atoms with Gasteiger partial charge in [-0.2, -0.15) is 4.98 Å². The molecule has 2 aromatic heterocycles. The topological polar surface area (TPSA) is 83.6 Å². The van der Waals surface area contributed by atoms with Crippen molar-refractivity contribution in [3.63, 3.8) is 0 Å². The minimum absolute atomic E-state index is 0.185.